The summed E-state index contributed by atoms with van der Waals surface area (Å²) in [6.45, 7) is 1.10. The topological polar surface area (TPSA) is 87.7 Å². The van der Waals surface area contributed by atoms with Crippen LogP contribution in [0.15, 0.2) is 48.5 Å². The molecule has 3 amide bonds. The van der Waals surface area contributed by atoms with Crippen LogP contribution in [0.1, 0.15) is 64.8 Å². The molecule has 1 saturated heterocycles. The van der Waals surface area contributed by atoms with Gasteiger partial charge in [0, 0.05) is 42.0 Å². The number of benzene rings is 2. The molecule has 0 radical (unpaired) electrons. The van der Waals surface area contributed by atoms with Gasteiger partial charge in [-0.25, -0.2) is 0 Å². The zero-order valence-electron chi connectivity index (χ0n) is 18.6. The molecule has 0 bridgehead atoms. The maximum Gasteiger partial charge on any atom is 0.254 e. The number of carbonyl (C=O) groups is 3. The van der Waals surface area contributed by atoms with Crippen molar-refractivity contribution in [3.8, 4) is 0 Å². The van der Waals surface area contributed by atoms with Crippen molar-refractivity contribution in [1.29, 1.82) is 0 Å². The van der Waals surface area contributed by atoms with E-state index in [9.17, 15) is 14.4 Å². The van der Waals surface area contributed by atoms with E-state index in [4.69, 9.17) is 4.74 Å². The van der Waals surface area contributed by atoms with Crippen LogP contribution in [-0.2, 0) is 16.1 Å². The van der Waals surface area contributed by atoms with E-state index in [0.717, 1.165) is 44.1 Å². The van der Waals surface area contributed by atoms with Gasteiger partial charge in [0.05, 0.1) is 0 Å². The summed E-state index contributed by atoms with van der Waals surface area (Å²) >= 11 is 0. The van der Waals surface area contributed by atoms with Gasteiger partial charge in [-0.3, -0.25) is 14.4 Å². The van der Waals surface area contributed by atoms with Crippen LogP contribution in [0.25, 0.3) is 0 Å². The summed E-state index contributed by atoms with van der Waals surface area (Å²) in [5.41, 5.74) is 2.78. The standard InChI is InChI=1S/C26H29N3O4/c30-24(27-20-10-11-20)18-8-6-17(7-9-18)16-29(22-12-13-22)26(32)19-3-1-4-21(15-19)28-25(31)23-5-2-14-33-23/h1,3-4,6-9,15,20,22-23H,2,5,10-14,16H2,(H,27,30)(H,28,31)/t23-/m0/s1. The van der Waals surface area contributed by atoms with E-state index in [2.05, 4.69) is 10.6 Å². The van der Waals surface area contributed by atoms with Gasteiger partial charge in [-0.2, -0.15) is 0 Å². The second kappa shape index (κ2) is 9.35. The first-order chi connectivity index (χ1) is 16.1. The summed E-state index contributed by atoms with van der Waals surface area (Å²) in [5.74, 6) is -0.260. The predicted molar refractivity (Wildman–Crippen MR) is 124 cm³/mol. The maximum atomic E-state index is 13.4. The third-order valence-corrected chi connectivity index (χ3v) is 6.33. The Hall–Kier alpha value is -3.19. The van der Waals surface area contributed by atoms with Gasteiger partial charge in [0.15, 0.2) is 0 Å². The average Bonchev–Trinajstić information content (AvgIpc) is 3.77. The van der Waals surface area contributed by atoms with E-state index in [0.29, 0.717) is 36.0 Å². The van der Waals surface area contributed by atoms with Crippen molar-refractivity contribution in [2.75, 3.05) is 11.9 Å². The minimum atomic E-state index is -0.415. The van der Waals surface area contributed by atoms with Crippen molar-refractivity contribution < 1.29 is 19.1 Å². The number of hydrogen-bond acceptors (Lipinski definition) is 4. The lowest BCUT2D eigenvalue weighted by molar-refractivity contribution is -0.124. The molecule has 2 saturated carbocycles. The Kier molecular flexibility index (Phi) is 6.13. The highest BCUT2D eigenvalue weighted by molar-refractivity contribution is 5.98. The Labute approximate surface area is 193 Å². The van der Waals surface area contributed by atoms with Gasteiger partial charge in [0.2, 0.25) is 0 Å². The van der Waals surface area contributed by atoms with Gasteiger partial charge < -0.3 is 20.3 Å². The lowest BCUT2D eigenvalue weighted by Gasteiger charge is -2.23. The Morgan fingerprint density at radius 3 is 2.39 bits per heavy atom. The smallest absolute Gasteiger partial charge is 0.254 e. The van der Waals surface area contributed by atoms with Crippen molar-refractivity contribution in [2.45, 2.75) is 63.3 Å². The fourth-order valence-electron chi connectivity index (χ4n) is 4.11. The van der Waals surface area contributed by atoms with Gasteiger partial charge >= 0.3 is 0 Å². The predicted octanol–water partition coefficient (Wildman–Crippen LogP) is 3.50. The van der Waals surface area contributed by atoms with Gasteiger partial charge in [0.25, 0.3) is 17.7 Å². The minimum absolute atomic E-state index is 0.0407. The van der Waals surface area contributed by atoms with E-state index in [-0.39, 0.29) is 23.8 Å². The Bertz CT molecular complexity index is 1040. The van der Waals surface area contributed by atoms with Crippen molar-refractivity contribution >= 4 is 23.4 Å². The van der Waals surface area contributed by atoms with Gasteiger partial charge in [0.1, 0.15) is 6.10 Å². The van der Waals surface area contributed by atoms with Gasteiger partial charge in [-0.05, 0) is 74.4 Å². The molecule has 2 aromatic carbocycles. The number of nitrogens with zero attached hydrogens (tertiary/aromatic N) is 1. The lowest BCUT2D eigenvalue weighted by Crippen LogP contribution is -2.33. The van der Waals surface area contributed by atoms with E-state index in [1.54, 1.807) is 24.3 Å². The monoisotopic (exact) mass is 447 g/mol. The third-order valence-electron chi connectivity index (χ3n) is 6.33. The van der Waals surface area contributed by atoms with Crippen LogP contribution >= 0.6 is 0 Å². The summed E-state index contributed by atoms with van der Waals surface area (Å²) in [6.07, 6.45) is 5.29. The molecule has 2 aliphatic carbocycles. The number of carbonyl (C=O) groups excluding carboxylic acids is 3. The normalized spacial score (nSPS) is 19.7. The summed E-state index contributed by atoms with van der Waals surface area (Å²) in [4.78, 5) is 39.8. The van der Waals surface area contributed by atoms with Gasteiger partial charge in [-0.15, -0.1) is 0 Å². The number of rotatable bonds is 8. The Morgan fingerprint density at radius 1 is 0.939 bits per heavy atom. The number of ether oxygens (including phenoxy) is 1. The molecule has 1 atom stereocenters. The molecule has 0 aromatic heterocycles. The molecule has 2 aromatic rings. The summed E-state index contributed by atoms with van der Waals surface area (Å²) in [6, 6.07) is 15.1. The number of hydrogen-bond donors (Lipinski definition) is 2. The molecular weight excluding hydrogens is 418 g/mol. The molecule has 33 heavy (non-hydrogen) atoms. The molecule has 172 valence electrons. The first-order valence-electron chi connectivity index (χ1n) is 11.8. The summed E-state index contributed by atoms with van der Waals surface area (Å²) in [7, 11) is 0. The second-order valence-corrected chi connectivity index (χ2v) is 9.18. The van der Waals surface area contributed by atoms with Crippen LogP contribution in [0.2, 0.25) is 0 Å². The zero-order chi connectivity index (χ0) is 22.8. The second-order valence-electron chi connectivity index (χ2n) is 9.18. The molecule has 1 heterocycles. The van der Waals surface area contributed by atoms with Crippen LogP contribution in [0, 0.1) is 0 Å². The van der Waals surface area contributed by atoms with Crippen LogP contribution in [0.3, 0.4) is 0 Å². The van der Waals surface area contributed by atoms with E-state index >= 15 is 0 Å². The molecule has 7 nitrogen and oxygen atoms in total. The van der Waals surface area contributed by atoms with Crippen LogP contribution < -0.4 is 10.6 Å². The van der Waals surface area contributed by atoms with Gasteiger partial charge in [-0.1, -0.05) is 18.2 Å². The molecule has 0 unspecified atom stereocenters. The highest BCUT2D eigenvalue weighted by atomic mass is 16.5. The molecular formula is C26H29N3O4. The first-order valence-corrected chi connectivity index (χ1v) is 11.8. The highest BCUT2D eigenvalue weighted by Crippen LogP contribution is 2.30. The van der Waals surface area contributed by atoms with E-state index < -0.39 is 6.10 Å². The number of anilines is 1. The highest BCUT2D eigenvalue weighted by Gasteiger charge is 2.33. The van der Waals surface area contributed by atoms with Crippen molar-refractivity contribution in [1.82, 2.24) is 10.2 Å². The first kappa shape index (κ1) is 21.6. The molecule has 1 aliphatic heterocycles. The number of nitrogens with one attached hydrogen (secondary N) is 2. The van der Waals surface area contributed by atoms with E-state index in [1.165, 1.54) is 0 Å². The maximum absolute atomic E-state index is 13.4. The largest absolute Gasteiger partial charge is 0.368 e. The molecule has 2 N–H and O–H groups in total. The molecule has 7 heteroatoms. The Morgan fingerprint density at radius 2 is 1.73 bits per heavy atom. The average molecular weight is 448 g/mol. The van der Waals surface area contributed by atoms with Crippen LogP contribution in [0.5, 0.6) is 0 Å². The van der Waals surface area contributed by atoms with Crippen molar-refractivity contribution in [3.05, 3.63) is 65.2 Å². The Balaban J connectivity index is 1.25. The van der Waals surface area contributed by atoms with Crippen molar-refractivity contribution in [2.24, 2.45) is 0 Å². The quantitative estimate of drug-likeness (QED) is 0.648. The SMILES string of the molecule is O=C(NC1CC1)c1ccc(CN(C(=O)c2cccc(NC(=O)[C@@H]3CCCO3)c2)C2CC2)cc1. The fraction of sp³-hybridized carbons (Fsp3) is 0.423. The molecule has 0 spiro atoms. The number of amides is 3. The summed E-state index contributed by atoms with van der Waals surface area (Å²) < 4.78 is 5.44. The molecule has 3 fully saturated rings. The fourth-order valence-corrected chi connectivity index (χ4v) is 4.11. The van der Waals surface area contributed by atoms with Crippen molar-refractivity contribution in [3.63, 3.8) is 0 Å². The molecule has 3 aliphatic rings. The molecule has 5 rings (SSSR count). The van der Waals surface area contributed by atoms with Crippen LogP contribution in [0.4, 0.5) is 5.69 Å². The lowest BCUT2D eigenvalue weighted by atomic mass is 10.1. The summed E-state index contributed by atoms with van der Waals surface area (Å²) in [5, 5.41) is 5.87. The van der Waals surface area contributed by atoms with Crippen LogP contribution in [-0.4, -0.2) is 47.4 Å². The van der Waals surface area contributed by atoms with E-state index in [1.807, 2.05) is 29.2 Å². The third kappa shape index (κ3) is 5.42. The zero-order valence-corrected chi connectivity index (χ0v) is 18.6. The minimum Gasteiger partial charge on any atom is -0.368 e.